The zero-order valence-electron chi connectivity index (χ0n) is 15.4. The quantitative estimate of drug-likeness (QED) is 0.849. The Morgan fingerprint density at radius 3 is 2.85 bits per heavy atom. The van der Waals surface area contributed by atoms with Crippen LogP contribution in [0.3, 0.4) is 0 Å². The fourth-order valence-electron chi connectivity index (χ4n) is 4.00. The molecule has 1 aromatic heterocycles. The van der Waals surface area contributed by atoms with Crippen molar-refractivity contribution in [3.05, 3.63) is 59.7 Å². The Kier molecular flexibility index (Phi) is 4.79. The molecule has 27 heavy (non-hydrogen) atoms. The Balaban J connectivity index is 1.72. The van der Waals surface area contributed by atoms with Crippen LogP contribution in [0, 0.1) is 0 Å². The largest absolute Gasteiger partial charge is 0.346 e. The first kappa shape index (κ1) is 17.5. The first-order valence-corrected chi connectivity index (χ1v) is 9.59. The Labute approximate surface area is 158 Å². The van der Waals surface area contributed by atoms with Gasteiger partial charge in [-0.1, -0.05) is 24.3 Å². The third-order valence-corrected chi connectivity index (χ3v) is 5.29. The number of benzene rings is 1. The summed E-state index contributed by atoms with van der Waals surface area (Å²) in [5, 5.41) is 2.78. The van der Waals surface area contributed by atoms with Gasteiger partial charge in [0.15, 0.2) is 11.5 Å². The predicted molar refractivity (Wildman–Crippen MR) is 104 cm³/mol. The van der Waals surface area contributed by atoms with Gasteiger partial charge in [0.05, 0.1) is 5.69 Å². The zero-order chi connectivity index (χ0) is 18.8. The van der Waals surface area contributed by atoms with E-state index in [1.165, 1.54) is 5.56 Å². The predicted octanol–water partition coefficient (Wildman–Crippen LogP) is 2.73. The Bertz CT molecular complexity index is 900. The number of nitrogens with one attached hydrogen (secondary N) is 1. The summed E-state index contributed by atoms with van der Waals surface area (Å²) in [6.07, 6.45) is 6.33. The smallest absolute Gasteiger partial charge is 0.287 e. The Morgan fingerprint density at radius 1 is 1.15 bits per heavy atom. The monoisotopic (exact) mass is 364 g/mol. The number of amides is 2. The van der Waals surface area contributed by atoms with E-state index >= 15 is 0 Å². The fourth-order valence-corrected chi connectivity index (χ4v) is 4.00. The molecule has 6 nitrogen and oxygen atoms in total. The number of nitrogens with zero attached hydrogens (tertiary/aromatic N) is 3. The molecule has 0 radical (unpaired) electrons. The van der Waals surface area contributed by atoms with Gasteiger partial charge in [-0.3, -0.25) is 9.59 Å². The van der Waals surface area contributed by atoms with E-state index in [0.29, 0.717) is 24.6 Å². The van der Waals surface area contributed by atoms with Crippen molar-refractivity contribution in [2.75, 3.05) is 18.0 Å². The minimum Gasteiger partial charge on any atom is -0.346 e. The number of aromatic nitrogens is 2. The molecule has 0 fully saturated rings. The first-order chi connectivity index (χ1) is 13.2. The summed E-state index contributed by atoms with van der Waals surface area (Å²) in [4.78, 5) is 32.2. The van der Waals surface area contributed by atoms with Crippen LogP contribution in [0.4, 0.5) is 5.69 Å². The molecular weight excluding hydrogens is 340 g/mol. The summed E-state index contributed by atoms with van der Waals surface area (Å²) in [7, 11) is 0. The van der Waals surface area contributed by atoms with E-state index in [1.807, 2.05) is 27.7 Å². The summed E-state index contributed by atoms with van der Waals surface area (Å²) in [6, 6.07) is 8.03. The van der Waals surface area contributed by atoms with Gasteiger partial charge in [0, 0.05) is 25.3 Å². The van der Waals surface area contributed by atoms with Crippen LogP contribution in [0.2, 0.25) is 0 Å². The number of carbonyl (C=O) groups is 2. The molecule has 0 spiro atoms. The van der Waals surface area contributed by atoms with Crippen LogP contribution < -0.4 is 10.2 Å². The van der Waals surface area contributed by atoms with Crippen LogP contribution in [0.1, 0.15) is 51.6 Å². The number of anilines is 1. The highest BCUT2D eigenvalue weighted by Gasteiger charge is 2.31. The van der Waals surface area contributed by atoms with Crippen LogP contribution in [0.5, 0.6) is 0 Å². The highest BCUT2D eigenvalue weighted by molar-refractivity contribution is 6.07. The molecule has 3 heterocycles. The van der Waals surface area contributed by atoms with E-state index in [1.54, 1.807) is 6.08 Å². The van der Waals surface area contributed by atoms with Gasteiger partial charge in [0.25, 0.3) is 11.8 Å². The maximum absolute atomic E-state index is 13.4. The molecule has 0 saturated heterocycles. The van der Waals surface area contributed by atoms with Crippen LogP contribution in [-0.4, -0.2) is 34.5 Å². The van der Waals surface area contributed by atoms with E-state index in [-0.39, 0.29) is 11.8 Å². The molecule has 1 aromatic carbocycles. The van der Waals surface area contributed by atoms with Crippen LogP contribution in [0.15, 0.2) is 36.9 Å². The van der Waals surface area contributed by atoms with E-state index in [0.717, 1.165) is 50.0 Å². The summed E-state index contributed by atoms with van der Waals surface area (Å²) < 4.78 is 1.92. The molecule has 0 saturated carbocycles. The van der Waals surface area contributed by atoms with Gasteiger partial charge in [-0.15, -0.1) is 6.58 Å². The lowest BCUT2D eigenvalue weighted by Gasteiger charge is -2.29. The molecule has 6 heteroatoms. The number of rotatable bonds is 4. The summed E-state index contributed by atoms with van der Waals surface area (Å²) in [6.45, 7) is 5.41. The minimum atomic E-state index is -0.254. The molecule has 2 aliphatic rings. The lowest BCUT2D eigenvalue weighted by Crippen LogP contribution is -2.36. The Hall–Kier alpha value is -2.89. The third kappa shape index (κ3) is 3.16. The van der Waals surface area contributed by atoms with E-state index in [9.17, 15) is 9.59 Å². The van der Waals surface area contributed by atoms with Crippen molar-refractivity contribution in [3.63, 3.8) is 0 Å². The average molecular weight is 364 g/mol. The molecule has 4 rings (SSSR count). The molecule has 0 aliphatic carbocycles. The molecule has 2 amide bonds. The van der Waals surface area contributed by atoms with Crippen molar-refractivity contribution in [2.45, 2.75) is 38.6 Å². The van der Waals surface area contributed by atoms with E-state index < -0.39 is 0 Å². The van der Waals surface area contributed by atoms with Gasteiger partial charge in [-0.25, -0.2) is 4.98 Å². The van der Waals surface area contributed by atoms with Crippen molar-refractivity contribution >= 4 is 17.5 Å². The van der Waals surface area contributed by atoms with Crippen LogP contribution in [-0.2, 0) is 19.4 Å². The summed E-state index contributed by atoms with van der Waals surface area (Å²) >= 11 is 0. The molecule has 0 atom stereocenters. The molecule has 0 bridgehead atoms. The zero-order valence-corrected chi connectivity index (χ0v) is 15.4. The normalized spacial score (nSPS) is 15.6. The van der Waals surface area contributed by atoms with Crippen molar-refractivity contribution < 1.29 is 9.59 Å². The van der Waals surface area contributed by atoms with Crippen LogP contribution >= 0.6 is 0 Å². The third-order valence-electron chi connectivity index (χ3n) is 5.29. The van der Waals surface area contributed by atoms with Crippen LogP contribution in [0.25, 0.3) is 0 Å². The molecule has 0 unspecified atom stereocenters. The Morgan fingerprint density at radius 2 is 2.00 bits per heavy atom. The van der Waals surface area contributed by atoms with E-state index in [2.05, 4.69) is 22.9 Å². The second-order valence-corrected chi connectivity index (χ2v) is 7.03. The molecule has 2 aromatic rings. The van der Waals surface area contributed by atoms with Gasteiger partial charge in [0.2, 0.25) is 0 Å². The van der Waals surface area contributed by atoms with Gasteiger partial charge >= 0.3 is 0 Å². The van der Waals surface area contributed by atoms with Crippen molar-refractivity contribution in [2.24, 2.45) is 0 Å². The highest BCUT2D eigenvalue weighted by atomic mass is 16.2. The molecule has 1 N–H and O–H groups in total. The first-order valence-electron chi connectivity index (χ1n) is 9.59. The SMILES string of the molecule is C=CCNC(=O)c1nc(C(=O)N2CCCc3ccccc32)c2n1CCCC2. The lowest BCUT2D eigenvalue weighted by atomic mass is 10.0. The minimum absolute atomic E-state index is 0.101. The standard InChI is InChI=1S/C21H24N4O2/c1-2-12-22-20(26)19-23-18(17-11-5-6-13-24(17)19)21(27)25-14-7-9-15-8-3-4-10-16(15)25/h2-4,8,10H,1,5-7,9,11-14H2,(H,22,26). The second-order valence-electron chi connectivity index (χ2n) is 7.03. The van der Waals surface area contributed by atoms with Crippen molar-refractivity contribution in [3.8, 4) is 0 Å². The van der Waals surface area contributed by atoms with Crippen molar-refractivity contribution in [1.82, 2.24) is 14.9 Å². The van der Waals surface area contributed by atoms with Gasteiger partial charge in [-0.2, -0.15) is 0 Å². The van der Waals surface area contributed by atoms with E-state index in [4.69, 9.17) is 0 Å². The number of hydrogen-bond donors (Lipinski definition) is 1. The van der Waals surface area contributed by atoms with Gasteiger partial charge in [0.1, 0.15) is 0 Å². The number of para-hydroxylation sites is 1. The summed E-state index contributed by atoms with van der Waals surface area (Å²) in [5.74, 6) is -0.0214. The number of hydrogen-bond acceptors (Lipinski definition) is 3. The topological polar surface area (TPSA) is 67.2 Å². The van der Waals surface area contributed by atoms with Gasteiger partial charge < -0.3 is 14.8 Å². The second kappa shape index (κ2) is 7.39. The fraction of sp³-hybridized carbons (Fsp3) is 0.381. The molecule has 2 aliphatic heterocycles. The lowest BCUT2D eigenvalue weighted by molar-refractivity contribution is 0.0942. The maximum atomic E-state index is 13.4. The average Bonchev–Trinajstić information content (AvgIpc) is 3.11. The van der Waals surface area contributed by atoms with Gasteiger partial charge in [-0.05, 0) is 43.7 Å². The molecular formula is C21H24N4O2. The summed E-state index contributed by atoms with van der Waals surface area (Å²) in [5.41, 5.74) is 3.46. The number of imidazole rings is 1. The van der Waals surface area contributed by atoms with Crippen molar-refractivity contribution in [1.29, 1.82) is 0 Å². The molecule has 140 valence electrons. The number of carbonyl (C=O) groups excluding carboxylic acids is 2. The highest BCUT2D eigenvalue weighted by Crippen LogP contribution is 2.30. The number of fused-ring (bicyclic) bond motifs is 2. The number of aryl methyl sites for hydroxylation is 1. The maximum Gasteiger partial charge on any atom is 0.287 e.